The second kappa shape index (κ2) is 6.99. The predicted octanol–water partition coefficient (Wildman–Crippen LogP) is 2.03. The molecule has 2 saturated heterocycles. The maximum absolute atomic E-state index is 3.94. The Balaban J connectivity index is 1.56. The van der Waals surface area contributed by atoms with Crippen LogP contribution in [0.4, 0.5) is 0 Å². The molecule has 20 heavy (non-hydrogen) atoms. The Bertz CT molecular complexity index is 290. The maximum atomic E-state index is 3.94. The van der Waals surface area contributed by atoms with Crippen LogP contribution >= 0.6 is 11.8 Å². The fourth-order valence-corrected chi connectivity index (χ4v) is 5.26. The van der Waals surface area contributed by atoms with Gasteiger partial charge >= 0.3 is 0 Å². The fraction of sp³-hybridized carbons (Fsp3) is 1.00. The molecule has 3 nitrogen and oxygen atoms in total. The maximum Gasteiger partial charge on any atom is 0.0335 e. The number of nitrogens with one attached hydrogen (secondary N) is 1. The van der Waals surface area contributed by atoms with E-state index in [2.05, 4.69) is 33.9 Å². The predicted molar refractivity (Wildman–Crippen MR) is 88.6 cm³/mol. The standard InChI is InChI=1S/C16H31N3S/c1-18-8-10-19(11-9-18)16(6-2-3-7-16)14-17-15-5-4-12-20-13-15/h15,17H,2-14H2,1H3/t15-/m1/s1. The topological polar surface area (TPSA) is 18.5 Å². The van der Waals surface area contributed by atoms with Crippen molar-refractivity contribution in [1.29, 1.82) is 0 Å². The first-order valence-electron chi connectivity index (χ1n) is 8.53. The van der Waals surface area contributed by atoms with Crippen LogP contribution < -0.4 is 5.32 Å². The Morgan fingerprint density at radius 1 is 1.10 bits per heavy atom. The first-order chi connectivity index (χ1) is 9.78. The number of hydrogen-bond donors (Lipinski definition) is 1. The molecule has 0 bridgehead atoms. The minimum absolute atomic E-state index is 0.489. The second-order valence-electron chi connectivity index (χ2n) is 7.02. The fourth-order valence-electron chi connectivity index (χ4n) is 4.15. The smallest absolute Gasteiger partial charge is 0.0335 e. The van der Waals surface area contributed by atoms with E-state index in [0.717, 1.165) is 6.04 Å². The summed E-state index contributed by atoms with van der Waals surface area (Å²) in [5, 5.41) is 3.94. The van der Waals surface area contributed by atoms with Crippen molar-refractivity contribution in [1.82, 2.24) is 15.1 Å². The summed E-state index contributed by atoms with van der Waals surface area (Å²) in [6, 6.07) is 0.777. The molecule has 0 unspecified atom stereocenters. The van der Waals surface area contributed by atoms with Gasteiger partial charge in [-0.3, -0.25) is 4.90 Å². The summed E-state index contributed by atoms with van der Waals surface area (Å²) in [4.78, 5) is 5.30. The van der Waals surface area contributed by atoms with Gasteiger partial charge in [0.2, 0.25) is 0 Å². The Hall–Kier alpha value is 0.230. The molecule has 116 valence electrons. The molecule has 0 radical (unpaired) electrons. The zero-order chi connectivity index (χ0) is 13.8. The molecular weight excluding hydrogens is 266 g/mol. The van der Waals surface area contributed by atoms with Gasteiger partial charge in [-0.2, -0.15) is 11.8 Å². The monoisotopic (exact) mass is 297 g/mol. The summed E-state index contributed by atoms with van der Waals surface area (Å²) < 4.78 is 0. The van der Waals surface area contributed by atoms with Crippen molar-refractivity contribution in [2.24, 2.45) is 0 Å². The summed E-state index contributed by atoms with van der Waals surface area (Å²) >= 11 is 2.14. The zero-order valence-corrected chi connectivity index (χ0v) is 13.9. The highest BCUT2D eigenvalue weighted by molar-refractivity contribution is 7.99. The highest BCUT2D eigenvalue weighted by atomic mass is 32.2. The molecule has 1 saturated carbocycles. The van der Waals surface area contributed by atoms with Crippen molar-refractivity contribution in [3.8, 4) is 0 Å². The lowest BCUT2D eigenvalue weighted by Crippen LogP contribution is -2.60. The van der Waals surface area contributed by atoms with E-state index in [9.17, 15) is 0 Å². The molecule has 1 N–H and O–H groups in total. The second-order valence-corrected chi connectivity index (χ2v) is 8.17. The normalized spacial score (nSPS) is 32.5. The summed E-state index contributed by atoms with van der Waals surface area (Å²) in [5.41, 5.74) is 0.489. The highest BCUT2D eigenvalue weighted by Gasteiger charge is 2.40. The van der Waals surface area contributed by atoms with Crippen LogP contribution in [-0.2, 0) is 0 Å². The van der Waals surface area contributed by atoms with Crippen LogP contribution in [0.25, 0.3) is 0 Å². The van der Waals surface area contributed by atoms with E-state index in [1.54, 1.807) is 0 Å². The molecular formula is C16H31N3S. The minimum atomic E-state index is 0.489. The van der Waals surface area contributed by atoms with E-state index >= 15 is 0 Å². The molecule has 3 aliphatic rings. The van der Waals surface area contributed by atoms with Crippen molar-refractivity contribution in [2.45, 2.75) is 50.1 Å². The van der Waals surface area contributed by atoms with Crippen LogP contribution in [0.1, 0.15) is 38.5 Å². The molecule has 0 spiro atoms. The van der Waals surface area contributed by atoms with E-state index in [-0.39, 0.29) is 0 Å². The third kappa shape index (κ3) is 3.52. The molecule has 0 amide bonds. The van der Waals surface area contributed by atoms with Gasteiger partial charge in [-0.1, -0.05) is 12.8 Å². The van der Waals surface area contributed by atoms with Gasteiger partial charge in [-0.15, -0.1) is 0 Å². The van der Waals surface area contributed by atoms with E-state index in [4.69, 9.17) is 0 Å². The third-order valence-electron chi connectivity index (χ3n) is 5.59. The first-order valence-corrected chi connectivity index (χ1v) is 9.69. The first kappa shape index (κ1) is 15.1. The summed E-state index contributed by atoms with van der Waals surface area (Å²) in [6.07, 6.45) is 8.52. The molecule has 0 aromatic rings. The van der Waals surface area contributed by atoms with Gasteiger partial charge < -0.3 is 10.2 Å². The van der Waals surface area contributed by atoms with Crippen LogP contribution in [-0.4, -0.2) is 72.7 Å². The molecule has 4 heteroatoms. The van der Waals surface area contributed by atoms with Gasteiger partial charge in [0.25, 0.3) is 0 Å². The quantitative estimate of drug-likeness (QED) is 0.855. The number of nitrogens with zero attached hydrogens (tertiary/aromatic N) is 2. The molecule has 0 aromatic carbocycles. The lowest BCUT2D eigenvalue weighted by atomic mass is 9.93. The van der Waals surface area contributed by atoms with Crippen molar-refractivity contribution < 1.29 is 0 Å². The number of piperazine rings is 1. The molecule has 3 rings (SSSR count). The van der Waals surface area contributed by atoms with Crippen molar-refractivity contribution in [3.05, 3.63) is 0 Å². The highest BCUT2D eigenvalue weighted by Crippen LogP contribution is 2.35. The Morgan fingerprint density at radius 2 is 1.85 bits per heavy atom. The molecule has 1 aliphatic carbocycles. The van der Waals surface area contributed by atoms with Crippen LogP contribution in [0.15, 0.2) is 0 Å². The number of thioether (sulfide) groups is 1. The number of hydrogen-bond acceptors (Lipinski definition) is 4. The molecule has 0 aromatic heterocycles. The molecule has 2 heterocycles. The van der Waals surface area contributed by atoms with Gasteiger partial charge in [0, 0.05) is 50.1 Å². The Kier molecular flexibility index (Phi) is 5.29. The lowest BCUT2D eigenvalue weighted by Gasteiger charge is -2.46. The lowest BCUT2D eigenvalue weighted by molar-refractivity contribution is 0.0411. The summed E-state index contributed by atoms with van der Waals surface area (Å²) in [7, 11) is 2.26. The van der Waals surface area contributed by atoms with Crippen molar-refractivity contribution in [2.75, 3.05) is 51.3 Å². The van der Waals surface area contributed by atoms with Crippen LogP contribution in [0, 0.1) is 0 Å². The number of rotatable bonds is 4. The van der Waals surface area contributed by atoms with Crippen molar-refractivity contribution in [3.63, 3.8) is 0 Å². The summed E-state index contributed by atoms with van der Waals surface area (Å²) in [5.74, 6) is 2.71. The molecule has 3 fully saturated rings. The third-order valence-corrected chi connectivity index (χ3v) is 6.80. The van der Waals surface area contributed by atoms with Gasteiger partial charge in [-0.05, 0) is 38.5 Å². The van der Waals surface area contributed by atoms with Crippen LogP contribution in [0.3, 0.4) is 0 Å². The molecule has 2 aliphatic heterocycles. The van der Waals surface area contributed by atoms with Gasteiger partial charge in [-0.25, -0.2) is 0 Å². The van der Waals surface area contributed by atoms with Gasteiger partial charge in [0.05, 0.1) is 0 Å². The van der Waals surface area contributed by atoms with Gasteiger partial charge in [0.15, 0.2) is 0 Å². The van der Waals surface area contributed by atoms with E-state index in [1.807, 2.05) is 0 Å². The minimum Gasteiger partial charge on any atom is -0.311 e. The van der Waals surface area contributed by atoms with E-state index in [1.165, 1.54) is 82.8 Å². The molecule has 1 atom stereocenters. The average Bonchev–Trinajstić information content (AvgIpc) is 2.97. The van der Waals surface area contributed by atoms with Crippen LogP contribution in [0.2, 0.25) is 0 Å². The number of likely N-dealkylation sites (N-methyl/N-ethyl adjacent to an activating group) is 1. The average molecular weight is 298 g/mol. The largest absolute Gasteiger partial charge is 0.311 e. The Labute approximate surface area is 128 Å². The zero-order valence-electron chi connectivity index (χ0n) is 13.1. The Morgan fingerprint density at radius 3 is 2.50 bits per heavy atom. The summed E-state index contributed by atoms with van der Waals surface area (Å²) in [6.45, 7) is 6.29. The van der Waals surface area contributed by atoms with Gasteiger partial charge in [0.1, 0.15) is 0 Å². The SMILES string of the molecule is CN1CCN(C2(CN[C@@H]3CCCSC3)CCCC2)CC1. The van der Waals surface area contributed by atoms with E-state index in [0.29, 0.717) is 5.54 Å². The van der Waals surface area contributed by atoms with Crippen LogP contribution in [0.5, 0.6) is 0 Å². The van der Waals surface area contributed by atoms with E-state index < -0.39 is 0 Å². The van der Waals surface area contributed by atoms with Crippen molar-refractivity contribution >= 4 is 11.8 Å².